The van der Waals surface area contributed by atoms with Gasteiger partial charge in [0.2, 0.25) is 0 Å². The van der Waals surface area contributed by atoms with Crippen molar-refractivity contribution in [2.75, 3.05) is 0 Å². The Bertz CT molecular complexity index is 431. The molecule has 0 heterocycles. The Labute approximate surface area is 112 Å². The first-order valence-electron chi connectivity index (χ1n) is 5.32. The van der Waals surface area contributed by atoms with E-state index in [0.29, 0.717) is 5.92 Å². The monoisotopic (exact) mass is 291 g/mol. The summed E-state index contributed by atoms with van der Waals surface area (Å²) in [4.78, 5) is 9.88. The molecule has 6 heteroatoms. The second-order valence-corrected chi connectivity index (χ2v) is 10.4. The second-order valence-electron chi connectivity index (χ2n) is 4.35. The van der Waals surface area contributed by atoms with E-state index in [-0.39, 0.29) is 0 Å². The quantitative estimate of drug-likeness (QED) is 0.391. The molecule has 0 aliphatic carbocycles. The number of hydrogen-bond acceptors (Lipinski definition) is 3. The summed E-state index contributed by atoms with van der Waals surface area (Å²) in [7, 11) is 0. The van der Waals surface area contributed by atoms with Crippen molar-refractivity contribution in [1.82, 2.24) is 0 Å². The molecular weight excluding hydrogens is 273 g/mol. The molecule has 0 bridgehead atoms. The molecule has 1 rings (SSSR count). The Hall–Kier alpha value is 0.1000. The smallest absolute Gasteiger partial charge is 0.125 e. The Morgan fingerprint density at radius 3 is 2.29 bits per heavy atom. The molecule has 0 aliphatic rings. The lowest BCUT2D eigenvalue weighted by molar-refractivity contribution is 0.175. The number of thiol groups is 1. The predicted octanol–water partition coefficient (Wildman–Crippen LogP) is 2.36. The fourth-order valence-corrected chi connectivity index (χ4v) is 4.19. The molecule has 17 heavy (non-hydrogen) atoms. The number of hydrogen-bond donors (Lipinski definition) is 4. The van der Waals surface area contributed by atoms with Crippen molar-refractivity contribution in [2.24, 2.45) is 5.73 Å². The first-order chi connectivity index (χ1) is 7.73. The normalized spacial score (nSPS) is 18.8. The number of aliphatic hydroxyl groups is 1. The minimum absolute atomic E-state index is 0.363. The van der Waals surface area contributed by atoms with Crippen LogP contribution in [0.25, 0.3) is 0 Å². The maximum Gasteiger partial charge on any atom is 0.125 e. The molecule has 0 saturated heterocycles. The van der Waals surface area contributed by atoms with E-state index < -0.39 is 17.4 Å². The van der Waals surface area contributed by atoms with Gasteiger partial charge in [-0.3, -0.25) is 0 Å². The topological polar surface area (TPSA) is 66.5 Å². The van der Waals surface area contributed by atoms with E-state index in [1.807, 2.05) is 18.2 Å². The summed E-state index contributed by atoms with van der Waals surface area (Å²) in [6.45, 7) is 4.14. The highest BCUT2D eigenvalue weighted by molar-refractivity contribution is 8.61. The first kappa shape index (κ1) is 15.2. The van der Waals surface area contributed by atoms with Gasteiger partial charge in [0.05, 0.1) is 5.66 Å². The molecule has 0 aromatic heterocycles. The minimum Gasteiger partial charge on any atom is -0.378 e. The van der Waals surface area contributed by atoms with E-state index in [0.717, 1.165) is 11.1 Å². The van der Waals surface area contributed by atoms with Crippen molar-refractivity contribution in [2.45, 2.75) is 31.7 Å². The lowest BCUT2D eigenvalue weighted by Gasteiger charge is -2.25. The number of nitrogens with two attached hydrogens (primary N) is 1. The van der Waals surface area contributed by atoms with Gasteiger partial charge in [-0.05, 0) is 17.0 Å². The van der Waals surface area contributed by atoms with E-state index >= 15 is 0 Å². The predicted molar refractivity (Wildman–Crippen MR) is 79.0 cm³/mol. The Balaban J connectivity index is 3.20. The third-order valence-electron chi connectivity index (χ3n) is 2.60. The van der Waals surface area contributed by atoms with Crippen LogP contribution >= 0.6 is 17.7 Å². The molecule has 1 aromatic rings. The number of benzene rings is 1. The molecule has 0 radical (unpaired) electrons. The molecule has 3 nitrogen and oxygen atoms in total. The van der Waals surface area contributed by atoms with E-state index in [9.17, 15) is 10.00 Å². The summed E-state index contributed by atoms with van der Waals surface area (Å²) in [5.74, 6) is 0.363. The highest BCUT2D eigenvalue weighted by Gasteiger charge is 2.29. The fourth-order valence-electron chi connectivity index (χ4n) is 1.69. The van der Waals surface area contributed by atoms with Crippen LogP contribution in [0.2, 0.25) is 0 Å². The molecule has 3 atom stereocenters. The number of rotatable bonds is 4. The Kier molecular flexibility index (Phi) is 5.20. The van der Waals surface area contributed by atoms with Crippen molar-refractivity contribution in [3.05, 3.63) is 35.4 Å². The van der Waals surface area contributed by atoms with Gasteiger partial charge in [-0.2, -0.15) is 0 Å². The van der Waals surface area contributed by atoms with Crippen LogP contribution in [0.4, 0.5) is 0 Å². The average Bonchev–Trinajstić information content (AvgIpc) is 2.15. The summed E-state index contributed by atoms with van der Waals surface area (Å²) >= 11 is 8.99. The zero-order chi connectivity index (χ0) is 13.2. The van der Waals surface area contributed by atoms with E-state index in [2.05, 4.69) is 26.1 Å². The summed E-state index contributed by atoms with van der Waals surface area (Å²) in [6.07, 6.45) is -1.20. The van der Waals surface area contributed by atoms with E-state index in [4.69, 9.17) is 17.5 Å². The van der Waals surface area contributed by atoms with Crippen molar-refractivity contribution in [1.29, 1.82) is 0 Å². The standard InChI is InChI=1S/C11H18NO2PS2/c1-7(2)8-4-3-5-9(6-8)10(11(12)13)15(14,16)17/h3-7,10-11,13H,12H2,1-2H3,(H2,14,16,17). The zero-order valence-electron chi connectivity index (χ0n) is 9.82. The van der Waals surface area contributed by atoms with Gasteiger partial charge in [0.15, 0.2) is 0 Å². The maximum absolute atomic E-state index is 9.88. The van der Waals surface area contributed by atoms with Gasteiger partial charge in [-0.25, -0.2) is 0 Å². The molecule has 0 aliphatic heterocycles. The lowest BCUT2D eigenvalue weighted by Crippen LogP contribution is -2.27. The van der Waals surface area contributed by atoms with Gasteiger partial charge in [-0.1, -0.05) is 49.9 Å². The van der Waals surface area contributed by atoms with Crippen LogP contribution < -0.4 is 5.73 Å². The average molecular weight is 291 g/mol. The third kappa shape index (κ3) is 4.05. The van der Waals surface area contributed by atoms with Gasteiger partial charge in [0.1, 0.15) is 11.7 Å². The van der Waals surface area contributed by atoms with Crippen molar-refractivity contribution < 1.29 is 10.00 Å². The maximum atomic E-state index is 9.88. The largest absolute Gasteiger partial charge is 0.378 e. The Morgan fingerprint density at radius 1 is 1.35 bits per heavy atom. The van der Waals surface area contributed by atoms with Crippen LogP contribution in [-0.4, -0.2) is 16.2 Å². The molecule has 0 saturated carbocycles. The van der Waals surface area contributed by atoms with Crippen molar-refractivity contribution in [3.8, 4) is 0 Å². The van der Waals surface area contributed by atoms with Gasteiger partial charge in [0, 0.05) is 0 Å². The second kappa shape index (κ2) is 5.83. The van der Waals surface area contributed by atoms with Crippen molar-refractivity contribution >= 4 is 29.5 Å². The van der Waals surface area contributed by atoms with Crippen LogP contribution in [0, 0.1) is 0 Å². The summed E-state index contributed by atoms with van der Waals surface area (Å²) in [5, 5.41) is 9.56. The molecule has 4 N–H and O–H groups in total. The minimum atomic E-state index is -2.95. The van der Waals surface area contributed by atoms with Gasteiger partial charge < -0.3 is 15.7 Å². The van der Waals surface area contributed by atoms with Crippen LogP contribution in [0.15, 0.2) is 24.3 Å². The summed E-state index contributed by atoms with van der Waals surface area (Å²) in [6, 6.07) is 7.59. The van der Waals surface area contributed by atoms with E-state index in [1.165, 1.54) is 0 Å². The lowest BCUT2D eigenvalue weighted by atomic mass is 9.99. The molecule has 1 aromatic carbocycles. The van der Waals surface area contributed by atoms with Crippen LogP contribution in [-0.2, 0) is 11.8 Å². The SMILES string of the molecule is CC(C)c1cccc(C(C(N)O)P(O)(=S)S)c1. The molecule has 0 spiro atoms. The summed E-state index contributed by atoms with van der Waals surface area (Å²) in [5.41, 5.74) is 3.70. The van der Waals surface area contributed by atoms with Gasteiger partial charge in [-0.15, -0.1) is 12.2 Å². The zero-order valence-corrected chi connectivity index (χ0v) is 12.4. The van der Waals surface area contributed by atoms with Crippen LogP contribution in [0.3, 0.4) is 0 Å². The Morgan fingerprint density at radius 2 is 1.88 bits per heavy atom. The van der Waals surface area contributed by atoms with Gasteiger partial charge in [0.25, 0.3) is 0 Å². The molecular formula is C11H18NO2PS2. The third-order valence-corrected chi connectivity index (χ3v) is 5.36. The van der Waals surface area contributed by atoms with Gasteiger partial charge >= 0.3 is 0 Å². The highest BCUT2D eigenvalue weighted by Crippen LogP contribution is 2.60. The van der Waals surface area contributed by atoms with Crippen LogP contribution in [0.1, 0.15) is 36.6 Å². The number of aliphatic hydroxyl groups excluding tert-OH is 1. The van der Waals surface area contributed by atoms with Crippen molar-refractivity contribution in [3.63, 3.8) is 0 Å². The highest BCUT2D eigenvalue weighted by atomic mass is 32.9. The fraction of sp³-hybridized carbons (Fsp3) is 0.455. The molecule has 3 unspecified atom stereocenters. The molecule has 96 valence electrons. The van der Waals surface area contributed by atoms with Crippen LogP contribution in [0.5, 0.6) is 0 Å². The molecule has 0 amide bonds. The summed E-state index contributed by atoms with van der Waals surface area (Å²) < 4.78 is 0. The first-order valence-corrected chi connectivity index (χ1v) is 9.30. The molecule has 0 fully saturated rings. The van der Waals surface area contributed by atoms with E-state index in [1.54, 1.807) is 6.07 Å².